The van der Waals surface area contributed by atoms with Crippen molar-refractivity contribution in [1.82, 2.24) is 5.32 Å². The molecule has 1 saturated carbocycles. The Morgan fingerprint density at radius 2 is 2.00 bits per heavy atom. The second-order valence-corrected chi connectivity index (χ2v) is 5.48. The summed E-state index contributed by atoms with van der Waals surface area (Å²) in [5, 5.41) is 13.3. The molecule has 2 N–H and O–H groups in total. The van der Waals surface area contributed by atoms with Crippen molar-refractivity contribution < 1.29 is 14.6 Å². The van der Waals surface area contributed by atoms with Crippen molar-refractivity contribution in [2.45, 2.75) is 70.9 Å². The minimum atomic E-state index is -0.642. The quantitative estimate of drug-likeness (QED) is 0.665. The van der Waals surface area contributed by atoms with Gasteiger partial charge in [-0.1, -0.05) is 26.2 Å². The number of rotatable bonds is 8. The predicted octanol–water partition coefficient (Wildman–Crippen LogP) is 2.25. The van der Waals surface area contributed by atoms with E-state index in [2.05, 4.69) is 12.2 Å². The van der Waals surface area contributed by atoms with Crippen LogP contribution in [-0.2, 0) is 9.53 Å². The number of esters is 1. The molecular weight excluding hydrogens is 242 g/mol. The average molecular weight is 271 g/mol. The summed E-state index contributed by atoms with van der Waals surface area (Å²) in [5.41, 5.74) is 0. The van der Waals surface area contributed by atoms with Crippen LogP contribution in [0.3, 0.4) is 0 Å². The number of hydrogen-bond donors (Lipinski definition) is 2. The van der Waals surface area contributed by atoms with Crippen LogP contribution in [0, 0.1) is 5.92 Å². The molecule has 0 radical (unpaired) electrons. The lowest BCUT2D eigenvalue weighted by atomic mass is 9.83. The molecule has 4 nitrogen and oxygen atoms in total. The van der Waals surface area contributed by atoms with Gasteiger partial charge in [-0.15, -0.1) is 0 Å². The van der Waals surface area contributed by atoms with Crippen LogP contribution in [0.4, 0.5) is 0 Å². The van der Waals surface area contributed by atoms with E-state index in [-0.39, 0.29) is 12.4 Å². The summed E-state index contributed by atoms with van der Waals surface area (Å²) in [6.07, 6.45) is 7.12. The third-order valence-electron chi connectivity index (χ3n) is 3.98. The van der Waals surface area contributed by atoms with Gasteiger partial charge in [0.15, 0.2) is 0 Å². The Balaban J connectivity index is 2.25. The molecule has 0 aromatic rings. The van der Waals surface area contributed by atoms with Crippen LogP contribution < -0.4 is 5.32 Å². The molecule has 0 heterocycles. The molecule has 0 spiro atoms. The summed E-state index contributed by atoms with van der Waals surface area (Å²) >= 11 is 0. The molecule has 0 amide bonds. The Bertz CT molecular complexity index is 252. The molecule has 1 aliphatic carbocycles. The predicted molar refractivity (Wildman–Crippen MR) is 75.9 cm³/mol. The molecule has 112 valence electrons. The van der Waals surface area contributed by atoms with E-state index in [0.29, 0.717) is 19.2 Å². The van der Waals surface area contributed by atoms with Gasteiger partial charge in [-0.3, -0.25) is 4.79 Å². The third-order valence-corrected chi connectivity index (χ3v) is 3.98. The summed E-state index contributed by atoms with van der Waals surface area (Å²) in [7, 11) is 0. The lowest BCUT2D eigenvalue weighted by molar-refractivity contribution is -0.145. The van der Waals surface area contributed by atoms with Crippen molar-refractivity contribution in [1.29, 1.82) is 0 Å². The topological polar surface area (TPSA) is 58.6 Å². The van der Waals surface area contributed by atoms with Crippen LogP contribution in [0.15, 0.2) is 0 Å². The highest BCUT2D eigenvalue weighted by Gasteiger charge is 2.22. The van der Waals surface area contributed by atoms with Crippen LogP contribution in [0.1, 0.15) is 58.8 Å². The Morgan fingerprint density at radius 3 is 2.58 bits per heavy atom. The van der Waals surface area contributed by atoms with Crippen molar-refractivity contribution in [2.24, 2.45) is 5.92 Å². The van der Waals surface area contributed by atoms with Crippen molar-refractivity contribution >= 4 is 5.97 Å². The summed E-state index contributed by atoms with van der Waals surface area (Å²) in [4.78, 5) is 11.3. The molecule has 1 aliphatic rings. The van der Waals surface area contributed by atoms with Crippen LogP contribution in [-0.4, -0.2) is 36.4 Å². The number of carbonyl (C=O) groups excluding carboxylic acids is 1. The van der Waals surface area contributed by atoms with Crippen molar-refractivity contribution in [2.75, 3.05) is 13.2 Å². The van der Waals surface area contributed by atoms with Crippen LogP contribution in [0.25, 0.3) is 0 Å². The van der Waals surface area contributed by atoms with Crippen molar-refractivity contribution in [3.8, 4) is 0 Å². The molecule has 1 fully saturated rings. The van der Waals surface area contributed by atoms with E-state index in [1.807, 2.05) is 0 Å². The van der Waals surface area contributed by atoms with Gasteiger partial charge in [0.25, 0.3) is 0 Å². The van der Waals surface area contributed by atoms with E-state index >= 15 is 0 Å². The van der Waals surface area contributed by atoms with E-state index in [4.69, 9.17) is 4.74 Å². The minimum absolute atomic E-state index is 0.0853. The van der Waals surface area contributed by atoms with Crippen LogP contribution in [0.2, 0.25) is 0 Å². The first-order valence-electron chi connectivity index (χ1n) is 7.74. The fourth-order valence-electron chi connectivity index (χ4n) is 2.95. The smallest absolute Gasteiger partial charge is 0.308 e. The summed E-state index contributed by atoms with van der Waals surface area (Å²) < 4.78 is 4.84. The van der Waals surface area contributed by atoms with Gasteiger partial charge in [-0.2, -0.15) is 0 Å². The molecule has 0 aromatic heterocycles. The average Bonchev–Trinajstić information content (AvgIpc) is 2.41. The number of carbonyl (C=O) groups is 1. The van der Waals surface area contributed by atoms with Gasteiger partial charge < -0.3 is 15.2 Å². The highest BCUT2D eigenvalue weighted by atomic mass is 16.5. The van der Waals surface area contributed by atoms with E-state index in [9.17, 15) is 9.90 Å². The minimum Gasteiger partial charge on any atom is -0.466 e. The molecule has 0 saturated heterocycles. The number of hydrogen-bond acceptors (Lipinski definition) is 4. The van der Waals surface area contributed by atoms with Gasteiger partial charge in [0.05, 0.1) is 19.1 Å². The zero-order chi connectivity index (χ0) is 14.1. The molecule has 19 heavy (non-hydrogen) atoms. The fraction of sp³-hybridized carbons (Fsp3) is 0.933. The van der Waals surface area contributed by atoms with Gasteiger partial charge in [0.1, 0.15) is 0 Å². The molecule has 0 aromatic carbocycles. The fourth-order valence-corrected chi connectivity index (χ4v) is 2.95. The Morgan fingerprint density at radius 1 is 1.32 bits per heavy atom. The highest BCUT2D eigenvalue weighted by molar-refractivity contribution is 5.69. The molecule has 0 bridgehead atoms. The van der Waals surface area contributed by atoms with Gasteiger partial charge in [-0.05, 0) is 32.1 Å². The monoisotopic (exact) mass is 271 g/mol. The Hall–Kier alpha value is -0.610. The Labute approximate surface area is 116 Å². The number of aliphatic hydroxyl groups excluding tert-OH is 1. The van der Waals surface area contributed by atoms with Crippen LogP contribution in [0.5, 0.6) is 0 Å². The molecule has 2 atom stereocenters. The largest absolute Gasteiger partial charge is 0.466 e. The number of aliphatic hydroxyl groups is 1. The lowest BCUT2D eigenvalue weighted by Gasteiger charge is -2.31. The van der Waals surface area contributed by atoms with Crippen molar-refractivity contribution in [3.63, 3.8) is 0 Å². The number of nitrogens with one attached hydrogen (secondary N) is 1. The second-order valence-electron chi connectivity index (χ2n) is 5.48. The van der Waals surface area contributed by atoms with Gasteiger partial charge >= 0.3 is 5.97 Å². The maximum atomic E-state index is 11.3. The van der Waals surface area contributed by atoms with Gasteiger partial charge in [0, 0.05) is 12.6 Å². The maximum Gasteiger partial charge on any atom is 0.308 e. The Kier molecular flexibility index (Phi) is 8.07. The first-order valence-corrected chi connectivity index (χ1v) is 7.74. The molecular formula is C15H29NO3. The van der Waals surface area contributed by atoms with E-state index in [0.717, 1.165) is 12.3 Å². The van der Waals surface area contributed by atoms with Crippen molar-refractivity contribution in [3.05, 3.63) is 0 Å². The lowest BCUT2D eigenvalue weighted by Crippen LogP contribution is -2.41. The zero-order valence-corrected chi connectivity index (χ0v) is 12.4. The van der Waals surface area contributed by atoms with E-state index in [1.54, 1.807) is 6.92 Å². The summed E-state index contributed by atoms with van der Waals surface area (Å²) in [6.45, 7) is 4.81. The van der Waals surface area contributed by atoms with Gasteiger partial charge in [-0.25, -0.2) is 0 Å². The standard InChI is InChI=1S/C15H29NO3/c1-3-14(12-8-6-5-7-9-12)16-11-13(17)10-15(18)19-4-2/h12-14,16-17H,3-11H2,1-2H3. The van der Waals surface area contributed by atoms with Gasteiger partial charge in [0.2, 0.25) is 0 Å². The molecule has 0 aliphatic heterocycles. The number of ether oxygens (including phenoxy) is 1. The van der Waals surface area contributed by atoms with E-state index < -0.39 is 6.10 Å². The van der Waals surface area contributed by atoms with E-state index in [1.165, 1.54) is 32.1 Å². The van der Waals surface area contributed by atoms with Crippen LogP contribution >= 0.6 is 0 Å². The molecule has 1 rings (SSSR count). The normalized spacial score (nSPS) is 19.9. The second kappa shape index (κ2) is 9.32. The third kappa shape index (κ3) is 6.39. The maximum absolute atomic E-state index is 11.3. The molecule has 2 unspecified atom stereocenters. The summed E-state index contributed by atoms with van der Waals surface area (Å²) in [6, 6.07) is 0.470. The first kappa shape index (κ1) is 16.4. The first-order chi connectivity index (χ1) is 9.17. The zero-order valence-electron chi connectivity index (χ0n) is 12.4. The molecule has 4 heteroatoms. The highest BCUT2D eigenvalue weighted by Crippen LogP contribution is 2.27. The summed E-state index contributed by atoms with van der Waals surface area (Å²) in [5.74, 6) is 0.413. The SMILES string of the molecule is CCOC(=O)CC(O)CNC(CC)C1CCCCC1.